The third kappa shape index (κ3) is 11.0. The van der Waals surface area contributed by atoms with E-state index in [1.54, 1.807) is 0 Å². The van der Waals surface area contributed by atoms with E-state index in [4.69, 9.17) is 5.73 Å². The molecule has 0 radical (unpaired) electrons. The lowest BCUT2D eigenvalue weighted by Gasteiger charge is -2.05. The van der Waals surface area contributed by atoms with Gasteiger partial charge >= 0.3 is 0 Å². The van der Waals surface area contributed by atoms with Gasteiger partial charge in [-0.2, -0.15) is 0 Å². The molecule has 2 N–H and O–H groups in total. The molecule has 19 heavy (non-hydrogen) atoms. The fourth-order valence-corrected chi connectivity index (χ4v) is 1.78. The molecule has 0 aliphatic carbocycles. The van der Waals surface area contributed by atoms with Crippen LogP contribution in [0.5, 0.6) is 0 Å². The SMILES string of the molecule is CCCCCCN=CC(N)Cc1ccccc1.Cl.Cl. The lowest BCUT2D eigenvalue weighted by molar-refractivity contribution is 0.674. The van der Waals surface area contributed by atoms with E-state index in [1.165, 1.54) is 31.2 Å². The van der Waals surface area contributed by atoms with Crippen LogP contribution in [0.2, 0.25) is 0 Å². The van der Waals surface area contributed by atoms with E-state index in [2.05, 4.69) is 24.0 Å². The highest BCUT2D eigenvalue weighted by atomic mass is 35.5. The molecule has 0 aliphatic heterocycles. The van der Waals surface area contributed by atoms with Crippen molar-refractivity contribution < 1.29 is 0 Å². The van der Waals surface area contributed by atoms with Gasteiger partial charge in [-0.15, -0.1) is 24.8 Å². The highest BCUT2D eigenvalue weighted by molar-refractivity contribution is 5.85. The summed E-state index contributed by atoms with van der Waals surface area (Å²) in [6.07, 6.45) is 7.82. The van der Waals surface area contributed by atoms with Crippen LogP contribution in [0, 0.1) is 0 Å². The topological polar surface area (TPSA) is 38.4 Å². The molecule has 1 atom stereocenters. The van der Waals surface area contributed by atoms with E-state index in [0.29, 0.717) is 0 Å². The number of nitrogens with two attached hydrogens (primary N) is 1. The molecule has 1 unspecified atom stereocenters. The van der Waals surface area contributed by atoms with Crippen molar-refractivity contribution in [3.05, 3.63) is 35.9 Å². The van der Waals surface area contributed by atoms with Crippen molar-refractivity contribution in [1.29, 1.82) is 0 Å². The van der Waals surface area contributed by atoms with Crippen LogP contribution in [0.3, 0.4) is 0 Å². The largest absolute Gasteiger partial charge is 0.323 e. The summed E-state index contributed by atoms with van der Waals surface area (Å²) in [4.78, 5) is 4.39. The van der Waals surface area contributed by atoms with E-state index < -0.39 is 0 Å². The molecule has 0 heterocycles. The first-order chi connectivity index (χ1) is 8.33. The van der Waals surface area contributed by atoms with Crippen LogP contribution in [0.15, 0.2) is 35.3 Å². The molecular weight excluding hydrogens is 279 g/mol. The number of nitrogens with zero attached hydrogens (tertiary/aromatic N) is 1. The summed E-state index contributed by atoms with van der Waals surface area (Å²) in [5.41, 5.74) is 7.27. The minimum atomic E-state index is 0. The Balaban J connectivity index is 0. The molecule has 0 saturated heterocycles. The number of unbranched alkanes of at least 4 members (excludes halogenated alkanes) is 3. The van der Waals surface area contributed by atoms with Crippen molar-refractivity contribution in [1.82, 2.24) is 0 Å². The summed E-state index contributed by atoms with van der Waals surface area (Å²) in [6.45, 7) is 3.14. The Labute approximate surface area is 129 Å². The van der Waals surface area contributed by atoms with Gasteiger partial charge in [0.25, 0.3) is 0 Å². The van der Waals surface area contributed by atoms with E-state index >= 15 is 0 Å². The van der Waals surface area contributed by atoms with E-state index in [9.17, 15) is 0 Å². The number of hydrogen-bond acceptors (Lipinski definition) is 2. The zero-order valence-electron chi connectivity index (χ0n) is 11.6. The Morgan fingerprint density at radius 1 is 1.11 bits per heavy atom. The lowest BCUT2D eigenvalue weighted by Crippen LogP contribution is -2.24. The van der Waals surface area contributed by atoms with Gasteiger partial charge < -0.3 is 5.73 Å². The third-order valence-electron chi connectivity index (χ3n) is 2.75. The van der Waals surface area contributed by atoms with Gasteiger partial charge in [0.1, 0.15) is 0 Å². The number of hydrogen-bond donors (Lipinski definition) is 1. The first kappa shape index (κ1) is 20.7. The third-order valence-corrected chi connectivity index (χ3v) is 2.75. The summed E-state index contributed by atoms with van der Waals surface area (Å²) in [6, 6.07) is 10.4. The minimum absolute atomic E-state index is 0. The molecule has 1 rings (SSSR count). The fraction of sp³-hybridized carbons (Fsp3) is 0.533. The first-order valence-electron chi connectivity index (χ1n) is 6.62. The summed E-state index contributed by atoms with van der Waals surface area (Å²) in [7, 11) is 0. The lowest BCUT2D eigenvalue weighted by atomic mass is 10.1. The Bertz CT molecular complexity index is 315. The first-order valence-corrected chi connectivity index (χ1v) is 6.62. The van der Waals surface area contributed by atoms with Gasteiger partial charge in [0.05, 0.1) is 0 Å². The average Bonchev–Trinajstić information content (AvgIpc) is 2.35. The quantitative estimate of drug-likeness (QED) is 0.571. The van der Waals surface area contributed by atoms with Crippen LogP contribution in [0.25, 0.3) is 0 Å². The summed E-state index contributed by atoms with van der Waals surface area (Å²) < 4.78 is 0. The van der Waals surface area contributed by atoms with E-state index in [1.807, 2.05) is 24.4 Å². The maximum absolute atomic E-state index is 6.00. The maximum atomic E-state index is 6.00. The molecule has 0 spiro atoms. The second-order valence-electron chi connectivity index (χ2n) is 4.47. The standard InChI is InChI=1S/C15H24N2.2ClH/c1-2-3-4-8-11-17-13-15(16)12-14-9-6-5-7-10-14;;/h5-7,9-10,13,15H,2-4,8,11-12,16H2,1H3;2*1H. The van der Waals surface area contributed by atoms with Crippen LogP contribution in [-0.2, 0) is 6.42 Å². The van der Waals surface area contributed by atoms with Crippen LogP contribution in [0.4, 0.5) is 0 Å². The zero-order chi connectivity index (χ0) is 12.3. The highest BCUT2D eigenvalue weighted by Gasteiger charge is 1.99. The number of benzene rings is 1. The molecule has 0 saturated carbocycles. The maximum Gasteiger partial charge on any atom is 0.0435 e. The summed E-state index contributed by atoms with van der Waals surface area (Å²) in [5.74, 6) is 0. The molecule has 0 amide bonds. The Kier molecular flexibility index (Phi) is 15.1. The highest BCUT2D eigenvalue weighted by Crippen LogP contribution is 2.01. The monoisotopic (exact) mass is 304 g/mol. The zero-order valence-corrected chi connectivity index (χ0v) is 13.3. The van der Waals surface area contributed by atoms with Crippen LogP contribution >= 0.6 is 24.8 Å². The predicted octanol–water partition coefficient (Wildman–Crippen LogP) is 4.05. The molecular formula is C15H26Cl2N2. The van der Waals surface area contributed by atoms with E-state index in [-0.39, 0.29) is 30.9 Å². The van der Waals surface area contributed by atoms with Gasteiger partial charge in [-0.3, -0.25) is 4.99 Å². The van der Waals surface area contributed by atoms with Gasteiger partial charge in [-0.1, -0.05) is 56.5 Å². The van der Waals surface area contributed by atoms with Crippen molar-refractivity contribution in [3.63, 3.8) is 0 Å². The number of rotatable bonds is 8. The smallest absolute Gasteiger partial charge is 0.0435 e. The van der Waals surface area contributed by atoms with Crippen molar-refractivity contribution in [2.75, 3.05) is 6.54 Å². The van der Waals surface area contributed by atoms with E-state index in [0.717, 1.165) is 13.0 Å². The molecule has 0 aliphatic rings. The predicted molar refractivity (Wildman–Crippen MR) is 90.1 cm³/mol. The molecule has 0 bridgehead atoms. The van der Waals surface area contributed by atoms with Crippen LogP contribution in [-0.4, -0.2) is 18.8 Å². The van der Waals surface area contributed by atoms with Gasteiger partial charge in [0, 0.05) is 18.8 Å². The van der Waals surface area contributed by atoms with Gasteiger partial charge in [0.15, 0.2) is 0 Å². The minimum Gasteiger partial charge on any atom is -0.323 e. The molecule has 1 aromatic carbocycles. The second-order valence-corrected chi connectivity index (χ2v) is 4.47. The molecule has 2 nitrogen and oxygen atoms in total. The van der Waals surface area contributed by atoms with Crippen LogP contribution in [0.1, 0.15) is 38.2 Å². The molecule has 0 aromatic heterocycles. The number of aliphatic imine (C=N–C) groups is 1. The Morgan fingerprint density at radius 2 is 1.79 bits per heavy atom. The Morgan fingerprint density at radius 3 is 2.42 bits per heavy atom. The van der Waals surface area contributed by atoms with Crippen LogP contribution < -0.4 is 5.73 Å². The summed E-state index contributed by atoms with van der Waals surface area (Å²) >= 11 is 0. The molecule has 0 fully saturated rings. The molecule has 110 valence electrons. The van der Waals surface area contributed by atoms with Gasteiger partial charge in [-0.25, -0.2) is 0 Å². The summed E-state index contributed by atoms with van der Waals surface area (Å²) in [5, 5.41) is 0. The second kappa shape index (κ2) is 13.9. The van der Waals surface area contributed by atoms with Crippen molar-refractivity contribution in [3.8, 4) is 0 Å². The Hall–Kier alpha value is -0.570. The molecule has 1 aromatic rings. The van der Waals surface area contributed by atoms with Gasteiger partial charge in [-0.05, 0) is 18.4 Å². The van der Waals surface area contributed by atoms with Crippen molar-refractivity contribution in [2.45, 2.75) is 45.1 Å². The average molecular weight is 305 g/mol. The normalized spacial score (nSPS) is 11.7. The fourth-order valence-electron chi connectivity index (χ4n) is 1.78. The number of halogens is 2. The van der Waals surface area contributed by atoms with Gasteiger partial charge in [0.2, 0.25) is 0 Å². The molecule has 4 heteroatoms. The van der Waals surface area contributed by atoms with Crippen molar-refractivity contribution in [2.24, 2.45) is 10.7 Å². The van der Waals surface area contributed by atoms with Crippen molar-refractivity contribution >= 4 is 31.0 Å².